The van der Waals surface area contributed by atoms with Crippen LogP contribution < -0.4 is 10.6 Å². The van der Waals surface area contributed by atoms with Crippen LogP contribution in [0.1, 0.15) is 58.3 Å². The monoisotopic (exact) mass is 268 g/mol. The predicted molar refractivity (Wildman–Crippen MR) is 76.3 cm³/mol. The Morgan fingerprint density at radius 2 is 2.00 bits per heavy atom. The number of hydrogen-bond donors (Lipinski definition) is 3. The summed E-state index contributed by atoms with van der Waals surface area (Å²) < 4.78 is 0. The molecule has 19 heavy (non-hydrogen) atoms. The van der Waals surface area contributed by atoms with Crippen LogP contribution in [-0.2, 0) is 4.79 Å². The van der Waals surface area contributed by atoms with E-state index in [2.05, 4.69) is 17.6 Å². The molecule has 110 valence electrons. The van der Waals surface area contributed by atoms with Gasteiger partial charge in [-0.1, -0.05) is 32.6 Å². The Labute approximate surface area is 116 Å². The fraction of sp³-hybridized carbons (Fsp3) is 0.933. The molecule has 1 saturated heterocycles. The molecule has 0 aromatic carbocycles. The van der Waals surface area contributed by atoms with Crippen molar-refractivity contribution in [3.05, 3.63) is 0 Å². The van der Waals surface area contributed by atoms with Crippen LogP contribution in [0.25, 0.3) is 0 Å². The Morgan fingerprint density at radius 3 is 2.58 bits per heavy atom. The highest BCUT2D eigenvalue weighted by Gasteiger charge is 2.47. The molecule has 2 aliphatic rings. The lowest BCUT2D eigenvalue weighted by atomic mass is 9.76. The Balaban J connectivity index is 2.10. The molecule has 4 heteroatoms. The molecular weight excluding hydrogens is 240 g/mol. The molecule has 4 nitrogen and oxygen atoms in total. The molecule has 2 fully saturated rings. The Kier molecular flexibility index (Phi) is 5.22. The van der Waals surface area contributed by atoms with E-state index in [0.29, 0.717) is 12.5 Å². The topological polar surface area (TPSA) is 61.4 Å². The Morgan fingerprint density at radius 1 is 1.32 bits per heavy atom. The molecule has 2 rings (SSSR count). The van der Waals surface area contributed by atoms with Gasteiger partial charge in [-0.2, -0.15) is 0 Å². The molecule has 1 saturated carbocycles. The van der Waals surface area contributed by atoms with Gasteiger partial charge < -0.3 is 10.4 Å². The van der Waals surface area contributed by atoms with E-state index in [0.717, 1.165) is 32.4 Å². The van der Waals surface area contributed by atoms with Crippen molar-refractivity contribution in [3.8, 4) is 0 Å². The molecular formula is C15H28N2O2. The molecule has 0 amide bonds. The third kappa shape index (κ3) is 3.29. The van der Waals surface area contributed by atoms with Gasteiger partial charge in [-0.25, -0.2) is 0 Å². The van der Waals surface area contributed by atoms with Gasteiger partial charge in [0.25, 0.3) is 0 Å². The molecule has 0 bridgehead atoms. The summed E-state index contributed by atoms with van der Waals surface area (Å²) in [6, 6.07) is 0.394. The van der Waals surface area contributed by atoms with Crippen molar-refractivity contribution in [1.82, 2.24) is 10.6 Å². The normalized spacial score (nSPS) is 33.8. The van der Waals surface area contributed by atoms with E-state index >= 15 is 0 Å². The molecule has 0 spiro atoms. The van der Waals surface area contributed by atoms with Crippen molar-refractivity contribution < 1.29 is 9.90 Å². The molecule has 1 aliphatic heterocycles. The van der Waals surface area contributed by atoms with Gasteiger partial charge in [-0.05, 0) is 32.2 Å². The Bertz CT molecular complexity index is 301. The van der Waals surface area contributed by atoms with Crippen molar-refractivity contribution in [2.45, 2.75) is 69.9 Å². The molecule has 0 radical (unpaired) electrons. The number of rotatable bonds is 4. The van der Waals surface area contributed by atoms with Crippen LogP contribution in [0.4, 0.5) is 0 Å². The van der Waals surface area contributed by atoms with Crippen LogP contribution in [-0.4, -0.2) is 35.7 Å². The van der Waals surface area contributed by atoms with E-state index in [1.54, 1.807) is 0 Å². The first-order chi connectivity index (χ1) is 9.19. The first kappa shape index (κ1) is 14.8. The van der Waals surface area contributed by atoms with E-state index in [-0.39, 0.29) is 5.92 Å². The lowest BCUT2D eigenvalue weighted by Crippen LogP contribution is -2.65. The summed E-state index contributed by atoms with van der Waals surface area (Å²) in [6.45, 7) is 3.73. The molecule has 1 aliphatic carbocycles. The van der Waals surface area contributed by atoms with Crippen LogP contribution in [0, 0.1) is 5.92 Å². The Hall–Kier alpha value is -0.610. The lowest BCUT2D eigenvalue weighted by molar-refractivity contribution is -0.149. The largest absolute Gasteiger partial charge is 0.480 e. The molecule has 0 aromatic heterocycles. The fourth-order valence-electron chi connectivity index (χ4n) is 3.75. The van der Waals surface area contributed by atoms with Gasteiger partial charge in [0.2, 0.25) is 0 Å². The third-order valence-corrected chi connectivity index (χ3v) is 4.98. The van der Waals surface area contributed by atoms with Crippen molar-refractivity contribution in [2.24, 2.45) is 5.92 Å². The fourth-order valence-corrected chi connectivity index (χ4v) is 3.75. The van der Waals surface area contributed by atoms with Gasteiger partial charge in [-0.3, -0.25) is 10.1 Å². The van der Waals surface area contributed by atoms with Crippen LogP contribution in [0.3, 0.4) is 0 Å². The summed E-state index contributed by atoms with van der Waals surface area (Å²) in [6.07, 6.45) is 8.98. The number of aliphatic carboxylic acids is 1. The summed E-state index contributed by atoms with van der Waals surface area (Å²) in [5.41, 5.74) is -0.699. The smallest absolute Gasteiger partial charge is 0.324 e. The SMILES string of the molecule is CCC1CNCCC1(NC1CCCCCC1)C(=O)O. The number of carboxylic acid groups (broad SMARTS) is 1. The molecule has 0 aromatic rings. The van der Waals surface area contributed by atoms with Gasteiger partial charge in [0, 0.05) is 18.5 Å². The predicted octanol–water partition coefficient (Wildman–Crippen LogP) is 2.14. The quantitative estimate of drug-likeness (QED) is 0.684. The maximum Gasteiger partial charge on any atom is 0.324 e. The summed E-state index contributed by atoms with van der Waals surface area (Å²) in [4.78, 5) is 11.9. The second-order valence-corrected chi connectivity index (χ2v) is 6.17. The maximum absolute atomic E-state index is 11.9. The summed E-state index contributed by atoms with van der Waals surface area (Å²) in [7, 11) is 0. The lowest BCUT2D eigenvalue weighted by Gasteiger charge is -2.43. The zero-order valence-corrected chi connectivity index (χ0v) is 12.1. The summed E-state index contributed by atoms with van der Waals surface area (Å²) in [5, 5.41) is 16.7. The van der Waals surface area contributed by atoms with Crippen molar-refractivity contribution in [1.29, 1.82) is 0 Å². The van der Waals surface area contributed by atoms with Gasteiger partial charge in [0.15, 0.2) is 0 Å². The second kappa shape index (κ2) is 6.71. The third-order valence-electron chi connectivity index (χ3n) is 4.98. The zero-order valence-electron chi connectivity index (χ0n) is 12.1. The van der Waals surface area contributed by atoms with E-state index in [4.69, 9.17) is 0 Å². The standard InChI is InChI=1S/C15H28N2O2/c1-2-12-11-16-10-9-15(12,14(18)19)17-13-7-5-3-4-6-8-13/h12-13,16-17H,2-11H2,1H3,(H,18,19). The van der Waals surface area contributed by atoms with Gasteiger partial charge >= 0.3 is 5.97 Å². The highest BCUT2D eigenvalue weighted by molar-refractivity contribution is 5.79. The zero-order chi connectivity index (χ0) is 13.7. The highest BCUT2D eigenvalue weighted by atomic mass is 16.4. The van der Waals surface area contributed by atoms with E-state index in [1.807, 2.05) is 0 Å². The van der Waals surface area contributed by atoms with Crippen molar-refractivity contribution in [3.63, 3.8) is 0 Å². The maximum atomic E-state index is 11.9. The minimum atomic E-state index is -0.699. The van der Waals surface area contributed by atoms with Crippen LogP contribution in [0.2, 0.25) is 0 Å². The van der Waals surface area contributed by atoms with E-state index < -0.39 is 11.5 Å². The second-order valence-electron chi connectivity index (χ2n) is 6.17. The highest BCUT2D eigenvalue weighted by Crippen LogP contribution is 2.30. The molecule has 2 atom stereocenters. The van der Waals surface area contributed by atoms with Crippen LogP contribution in [0.15, 0.2) is 0 Å². The number of piperidine rings is 1. The van der Waals surface area contributed by atoms with Gasteiger partial charge in [0.1, 0.15) is 5.54 Å². The summed E-state index contributed by atoms with van der Waals surface area (Å²) in [5.74, 6) is -0.452. The number of carbonyl (C=O) groups is 1. The number of nitrogens with one attached hydrogen (secondary N) is 2. The van der Waals surface area contributed by atoms with Gasteiger partial charge in [0.05, 0.1) is 0 Å². The molecule has 1 heterocycles. The van der Waals surface area contributed by atoms with Crippen molar-refractivity contribution >= 4 is 5.97 Å². The minimum absolute atomic E-state index is 0.196. The average molecular weight is 268 g/mol. The average Bonchev–Trinajstić information content (AvgIpc) is 2.67. The van der Waals surface area contributed by atoms with Gasteiger partial charge in [-0.15, -0.1) is 0 Å². The van der Waals surface area contributed by atoms with E-state index in [1.165, 1.54) is 25.7 Å². The molecule has 3 N–H and O–H groups in total. The number of carboxylic acids is 1. The molecule has 2 unspecified atom stereocenters. The first-order valence-electron chi connectivity index (χ1n) is 7.91. The minimum Gasteiger partial charge on any atom is -0.480 e. The van der Waals surface area contributed by atoms with Crippen molar-refractivity contribution in [2.75, 3.05) is 13.1 Å². The summed E-state index contributed by atoms with van der Waals surface area (Å²) >= 11 is 0. The number of hydrogen-bond acceptors (Lipinski definition) is 3. The van der Waals surface area contributed by atoms with Crippen LogP contribution >= 0.6 is 0 Å². The van der Waals surface area contributed by atoms with E-state index in [9.17, 15) is 9.90 Å². The first-order valence-corrected chi connectivity index (χ1v) is 7.91. The van der Waals surface area contributed by atoms with Crippen LogP contribution in [0.5, 0.6) is 0 Å².